The molecular formula is C31H34FN7O3. The van der Waals surface area contributed by atoms with Gasteiger partial charge in [0.15, 0.2) is 5.54 Å². The van der Waals surface area contributed by atoms with E-state index < -0.39 is 5.54 Å². The molecule has 1 aromatic carbocycles. The number of hydrogen-bond donors (Lipinski definition) is 3. The number of aromatic nitrogens is 6. The molecule has 3 N–H and O–H groups in total. The van der Waals surface area contributed by atoms with Crippen molar-refractivity contribution in [1.29, 1.82) is 0 Å². The van der Waals surface area contributed by atoms with Gasteiger partial charge in [-0.2, -0.15) is 0 Å². The minimum atomic E-state index is -0.966. The molecule has 42 heavy (non-hydrogen) atoms. The number of methoxy groups -OCH3 is 1. The Morgan fingerprint density at radius 3 is 2.71 bits per heavy atom. The maximum atomic E-state index is 13.5. The molecule has 2 aliphatic rings. The van der Waals surface area contributed by atoms with Crippen LogP contribution in [0.1, 0.15) is 72.9 Å². The Morgan fingerprint density at radius 2 is 1.88 bits per heavy atom. The summed E-state index contributed by atoms with van der Waals surface area (Å²) in [7, 11) is 1.66. The fraction of sp³-hybridized carbons (Fsp3) is 0.419. The number of para-hydroxylation sites is 1. The third kappa shape index (κ3) is 4.91. The van der Waals surface area contributed by atoms with E-state index in [1.165, 1.54) is 31.5 Å². The Kier molecular flexibility index (Phi) is 7.31. The van der Waals surface area contributed by atoms with Crippen LogP contribution in [-0.4, -0.2) is 57.1 Å². The molecule has 0 amide bonds. The number of rotatable bonds is 9. The first kappa shape index (κ1) is 26.9. The lowest BCUT2D eigenvalue weighted by molar-refractivity contribution is 0.0268. The van der Waals surface area contributed by atoms with E-state index in [9.17, 15) is 4.39 Å². The zero-order chi connectivity index (χ0) is 28.5. The molecule has 7 rings (SSSR count). The second-order valence-electron chi connectivity index (χ2n) is 11.2. The number of nitrogens with zero attached hydrogens (tertiary/aromatic N) is 4. The molecule has 4 aromatic heterocycles. The number of pyridine rings is 1. The molecule has 10 nitrogen and oxygen atoms in total. The lowest BCUT2D eigenvalue weighted by atomic mass is 9.83. The normalized spacial score (nSPS) is 21.1. The van der Waals surface area contributed by atoms with Crippen LogP contribution < -0.4 is 5.32 Å². The lowest BCUT2D eigenvalue weighted by Crippen LogP contribution is -2.53. The molecular weight excluding hydrogens is 537 g/mol. The Labute approximate surface area is 242 Å². The maximum absolute atomic E-state index is 13.5. The fourth-order valence-corrected chi connectivity index (χ4v) is 6.38. The number of benzene rings is 1. The highest BCUT2D eigenvalue weighted by Gasteiger charge is 2.49. The van der Waals surface area contributed by atoms with Crippen molar-refractivity contribution >= 4 is 10.9 Å². The molecule has 0 saturated heterocycles. The molecule has 1 aliphatic heterocycles. The first-order valence-electron chi connectivity index (χ1n) is 14.6. The summed E-state index contributed by atoms with van der Waals surface area (Å²) in [6.45, 7) is 1.11. The summed E-state index contributed by atoms with van der Waals surface area (Å²) in [5, 5.41) is 14.2. The zero-order valence-electron chi connectivity index (χ0n) is 23.5. The summed E-state index contributed by atoms with van der Waals surface area (Å²) in [4.78, 5) is 16.0. The predicted molar refractivity (Wildman–Crippen MR) is 153 cm³/mol. The summed E-state index contributed by atoms with van der Waals surface area (Å²) < 4.78 is 31.6. The molecule has 1 fully saturated rings. The number of imidazole rings is 1. The Hall–Kier alpha value is -3.93. The summed E-state index contributed by atoms with van der Waals surface area (Å²) in [6.07, 6.45) is 9.29. The van der Waals surface area contributed by atoms with Crippen molar-refractivity contribution in [2.45, 2.75) is 56.0 Å². The van der Waals surface area contributed by atoms with Gasteiger partial charge in [-0.25, -0.2) is 9.37 Å². The van der Waals surface area contributed by atoms with Crippen LogP contribution in [0.4, 0.5) is 4.39 Å². The van der Waals surface area contributed by atoms with Crippen LogP contribution in [0.25, 0.3) is 22.3 Å². The zero-order valence-corrected chi connectivity index (χ0v) is 23.5. The van der Waals surface area contributed by atoms with Crippen molar-refractivity contribution in [3.63, 3.8) is 0 Å². The molecule has 1 aliphatic carbocycles. The van der Waals surface area contributed by atoms with Gasteiger partial charge in [-0.3, -0.25) is 10.3 Å². The maximum Gasteiger partial charge on any atom is 0.245 e. The van der Waals surface area contributed by atoms with Crippen molar-refractivity contribution in [2.24, 2.45) is 0 Å². The second kappa shape index (κ2) is 11.4. The molecule has 1 unspecified atom stereocenters. The number of hydrogen-bond acceptors (Lipinski definition) is 8. The smallest absolute Gasteiger partial charge is 0.245 e. The first-order chi connectivity index (χ1) is 20.6. The van der Waals surface area contributed by atoms with Crippen molar-refractivity contribution in [3.05, 3.63) is 83.5 Å². The number of H-pyrrole nitrogens is 2. The number of halogens is 1. The van der Waals surface area contributed by atoms with E-state index in [1.807, 2.05) is 12.1 Å². The Bertz CT molecular complexity index is 1660. The number of ether oxygens (including phenoxy) is 2. The molecule has 218 valence electrons. The third-order valence-electron chi connectivity index (χ3n) is 8.51. The van der Waals surface area contributed by atoms with Gasteiger partial charge in [-0.15, -0.1) is 10.2 Å². The van der Waals surface area contributed by atoms with Crippen LogP contribution in [0.2, 0.25) is 0 Å². The summed E-state index contributed by atoms with van der Waals surface area (Å²) in [5.41, 5.74) is 3.46. The number of nitrogens with one attached hydrogen (secondary N) is 3. The fourth-order valence-electron chi connectivity index (χ4n) is 6.38. The highest BCUT2D eigenvalue weighted by Crippen LogP contribution is 2.43. The van der Waals surface area contributed by atoms with Crippen molar-refractivity contribution in [3.8, 4) is 11.4 Å². The van der Waals surface area contributed by atoms with Crippen LogP contribution in [0.15, 0.2) is 53.2 Å². The van der Waals surface area contributed by atoms with Gasteiger partial charge in [-0.1, -0.05) is 37.5 Å². The largest absolute Gasteiger partial charge is 0.422 e. The van der Waals surface area contributed by atoms with Crippen LogP contribution in [0, 0.1) is 5.82 Å². The van der Waals surface area contributed by atoms with Gasteiger partial charge in [0.1, 0.15) is 11.6 Å². The van der Waals surface area contributed by atoms with E-state index in [4.69, 9.17) is 18.9 Å². The minimum Gasteiger partial charge on any atom is -0.422 e. The van der Waals surface area contributed by atoms with Crippen LogP contribution >= 0.6 is 0 Å². The molecule has 2 atom stereocenters. The minimum absolute atomic E-state index is 0.242. The predicted octanol–water partition coefficient (Wildman–Crippen LogP) is 5.32. The van der Waals surface area contributed by atoms with Gasteiger partial charge in [0.2, 0.25) is 11.8 Å². The van der Waals surface area contributed by atoms with Crippen LogP contribution in [-0.2, 0) is 21.4 Å². The molecule has 0 bridgehead atoms. The summed E-state index contributed by atoms with van der Waals surface area (Å²) in [5.74, 6) is 1.75. The van der Waals surface area contributed by atoms with Crippen molar-refractivity contribution < 1.29 is 18.3 Å². The lowest BCUT2D eigenvalue weighted by Gasteiger charge is -2.39. The van der Waals surface area contributed by atoms with Gasteiger partial charge in [0, 0.05) is 23.9 Å². The molecule has 0 radical (unpaired) electrons. The first-order valence-corrected chi connectivity index (χ1v) is 14.6. The highest BCUT2D eigenvalue weighted by atomic mass is 19.1. The Balaban J connectivity index is 1.33. The summed E-state index contributed by atoms with van der Waals surface area (Å²) in [6, 6.07) is 11.0. The standard InChI is InChI=1S/C31H34FN7O3/c1-40-13-14-41-18-31(30-39-38-29(42-30)19-7-3-2-4-8-19)27-22(21-9-5-6-10-23(21)35-27)15-25(37-31)28-34-17-26(36-28)24-12-11-20(32)16-33-24/h5-6,9-12,16-17,19,25,35,37H,2-4,7-8,13-15,18H2,1H3,(H,34,36)/t25-,31?/m1/s1. The van der Waals surface area contributed by atoms with E-state index in [0.29, 0.717) is 42.8 Å². The second-order valence-corrected chi connectivity index (χ2v) is 11.2. The monoisotopic (exact) mass is 571 g/mol. The Morgan fingerprint density at radius 1 is 1.00 bits per heavy atom. The molecule has 1 saturated carbocycles. The molecule has 5 aromatic rings. The quantitative estimate of drug-likeness (QED) is 0.203. The van der Waals surface area contributed by atoms with Crippen LogP contribution in [0.3, 0.4) is 0 Å². The average molecular weight is 572 g/mol. The number of fused-ring (bicyclic) bond motifs is 3. The number of aromatic amines is 2. The average Bonchev–Trinajstić information content (AvgIpc) is 3.80. The van der Waals surface area contributed by atoms with Gasteiger partial charge >= 0.3 is 0 Å². The van der Waals surface area contributed by atoms with Gasteiger partial charge < -0.3 is 23.9 Å². The van der Waals surface area contributed by atoms with Crippen molar-refractivity contribution in [1.82, 2.24) is 35.5 Å². The van der Waals surface area contributed by atoms with Crippen molar-refractivity contribution in [2.75, 3.05) is 26.9 Å². The van der Waals surface area contributed by atoms with E-state index in [0.717, 1.165) is 40.8 Å². The van der Waals surface area contributed by atoms with E-state index in [-0.39, 0.29) is 24.4 Å². The van der Waals surface area contributed by atoms with Crippen LogP contribution in [0.5, 0.6) is 0 Å². The van der Waals surface area contributed by atoms with Gasteiger partial charge in [0.05, 0.1) is 55.3 Å². The highest BCUT2D eigenvalue weighted by molar-refractivity contribution is 5.85. The van der Waals surface area contributed by atoms with Gasteiger partial charge in [0.25, 0.3) is 0 Å². The third-order valence-corrected chi connectivity index (χ3v) is 8.51. The van der Waals surface area contributed by atoms with Gasteiger partial charge in [-0.05, 0) is 43.0 Å². The molecule has 5 heterocycles. The van der Waals surface area contributed by atoms with E-state index in [2.05, 4.69) is 42.6 Å². The van der Waals surface area contributed by atoms with E-state index in [1.54, 1.807) is 19.4 Å². The summed E-state index contributed by atoms with van der Waals surface area (Å²) >= 11 is 0. The topological polar surface area (TPSA) is 127 Å². The van der Waals surface area contributed by atoms with E-state index >= 15 is 0 Å². The SMILES string of the molecule is COCCOCC1(c2nnc(C3CCCCC3)o2)N[C@@H](c2ncc(-c3ccc(F)cn3)[nH]2)Cc2c1[nH]c1ccccc21. The molecule has 0 spiro atoms. The molecule has 11 heteroatoms.